The van der Waals surface area contributed by atoms with E-state index >= 15 is 0 Å². The monoisotopic (exact) mass is 399 g/mol. The highest BCUT2D eigenvalue weighted by atomic mass is 16.5. The number of ether oxygens (including phenoxy) is 1. The molecule has 0 atom stereocenters. The molecule has 3 heterocycles. The van der Waals surface area contributed by atoms with Gasteiger partial charge >= 0.3 is 0 Å². The predicted molar refractivity (Wildman–Crippen MR) is 116 cm³/mol. The molecule has 0 aliphatic carbocycles. The third-order valence-corrected chi connectivity index (χ3v) is 5.55. The quantitative estimate of drug-likeness (QED) is 0.532. The molecule has 2 N–H and O–H groups in total. The zero-order valence-electron chi connectivity index (χ0n) is 16.9. The fourth-order valence-electron chi connectivity index (χ4n) is 3.82. The highest BCUT2D eigenvalue weighted by molar-refractivity contribution is 6.06. The summed E-state index contributed by atoms with van der Waals surface area (Å²) in [7, 11) is 1.66. The Hall–Kier alpha value is -3.87. The van der Waals surface area contributed by atoms with Gasteiger partial charge in [-0.05, 0) is 55.8 Å². The first-order valence-electron chi connectivity index (χ1n) is 9.68. The van der Waals surface area contributed by atoms with Crippen molar-refractivity contribution >= 4 is 28.7 Å². The van der Waals surface area contributed by atoms with Crippen LogP contribution >= 0.6 is 0 Å². The van der Waals surface area contributed by atoms with Crippen LogP contribution in [-0.2, 0) is 10.2 Å². The number of carbonyl (C=O) groups excluding carboxylic acids is 1. The molecule has 1 amide bonds. The Morgan fingerprint density at radius 3 is 2.77 bits per heavy atom. The molecule has 7 nitrogen and oxygen atoms in total. The number of hydrogen-bond acceptors (Lipinski definition) is 5. The van der Waals surface area contributed by atoms with E-state index in [-0.39, 0.29) is 5.91 Å². The number of hydrogen-bond donors (Lipinski definition) is 2. The van der Waals surface area contributed by atoms with E-state index in [2.05, 4.69) is 20.7 Å². The summed E-state index contributed by atoms with van der Waals surface area (Å²) in [5, 5.41) is 10.9. The van der Waals surface area contributed by atoms with E-state index in [0.717, 1.165) is 39.5 Å². The summed E-state index contributed by atoms with van der Waals surface area (Å²) in [4.78, 5) is 16.6. The van der Waals surface area contributed by atoms with Gasteiger partial charge in [0.05, 0.1) is 29.9 Å². The maximum atomic E-state index is 12.2. The summed E-state index contributed by atoms with van der Waals surface area (Å²) in [6.45, 7) is 3.84. The molecule has 0 spiro atoms. The molecule has 1 aliphatic rings. The molecule has 0 fully saturated rings. The van der Waals surface area contributed by atoms with E-state index in [9.17, 15) is 4.79 Å². The molecule has 7 heteroatoms. The second-order valence-electron chi connectivity index (χ2n) is 7.80. The number of rotatable bonds is 4. The Morgan fingerprint density at radius 2 is 1.93 bits per heavy atom. The van der Waals surface area contributed by atoms with E-state index in [1.807, 2.05) is 73.0 Å². The fourth-order valence-corrected chi connectivity index (χ4v) is 3.82. The van der Waals surface area contributed by atoms with Crippen molar-refractivity contribution in [1.29, 1.82) is 0 Å². The average molecular weight is 399 g/mol. The highest BCUT2D eigenvalue weighted by Crippen LogP contribution is 2.39. The first-order valence-corrected chi connectivity index (χ1v) is 9.68. The van der Waals surface area contributed by atoms with Gasteiger partial charge in [0.25, 0.3) is 0 Å². The minimum absolute atomic E-state index is 0.00103. The van der Waals surface area contributed by atoms with E-state index < -0.39 is 5.41 Å². The summed E-state index contributed by atoms with van der Waals surface area (Å²) in [5.41, 5.74) is 4.81. The number of benzene rings is 2. The second kappa shape index (κ2) is 6.59. The Balaban J connectivity index is 1.51. The maximum Gasteiger partial charge on any atom is 0.245 e. The molecule has 2 aromatic heterocycles. The van der Waals surface area contributed by atoms with Crippen molar-refractivity contribution in [3.05, 3.63) is 66.4 Å². The van der Waals surface area contributed by atoms with Gasteiger partial charge < -0.3 is 15.4 Å². The first-order chi connectivity index (χ1) is 14.5. The van der Waals surface area contributed by atoms with Crippen molar-refractivity contribution in [3.8, 4) is 17.0 Å². The molecule has 0 saturated heterocycles. The molecule has 150 valence electrons. The van der Waals surface area contributed by atoms with Gasteiger partial charge in [0.15, 0.2) is 0 Å². The summed E-state index contributed by atoms with van der Waals surface area (Å²) in [6, 6.07) is 17.6. The van der Waals surface area contributed by atoms with Crippen LogP contribution < -0.4 is 15.4 Å². The normalized spacial score (nSPS) is 14.4. The lowest BCUT2D eigenvalue weighted by atomic mass is 9.86. The van der Waals surface area contributed by atoms with Crippen molar-refractivity contribution < 1.29 is 9.53 Å². The van der Waals surface area contributed by atoms with Gasteiger partial charge in [-0.1, -0.05) is 18.2 Å². The Kier molecular flexibility index (Phi) is 3.99. The molecule has 30 heavy (non-hydrogen) atoms. The number of nitrogens with one attached hydrogen (secondary N) is 2. The molecule has 2 aromatic carbocycles. The molecule has 5 rings (SSSR count). The van der Waals surface area contributed by atoms with Crippen molar-refractivity contribution in [2.75, 3.05) is 17.7 Å². The van der Waals surface area contributed by atoms with Crippen LogP contribution in [0.4, 0.5) is 17.3 Å². The van der Waals surface area contributed by atoms with Crippen LogP contribution in [0, 0.1) is 0 Å². The number of anilines is 3. The van der Waals surface area contributed by atoms with Crippen LogP contribution in [0.25, 0.3) is 16.8 Å². The van der Waals surface area contributed by atoms with E-state index in [4.69, 9.17) is 4.74 Å². The number of aromatic nitrogens is 3. The van der Waals surface area contributed by atoms with Crippen LogP contribution in [0.1, 0.15) is 19.4 Å². The van der Waals surface area contributed by atoms with Gasteiger partial charge in [0.1, 0.15) is 5.75 Å². The van der Waals surface area contributed by atoms with E-state index in [1.165, 1.54) is 0 Å². The molecule has 0 saturated carbocycles. The minimum Gasteiger partial charge on any atom is -0.496 e. The number of methoxy groups -OCH3 is 1. The Bertz CT molecular complexity index is 1290. The molecule has 0 radical (unpaired) electrons. The lowest BCUT2D eigenvalue weighted by Crippen LogP contribution is -2.26. The highest BCUT2D eigenvalue weighted by Gasteiger charge is 2.38. The van der Waals surface area contributed by atoms with Crippen molar-refractivity contribution in [3.63, 3.8) is 0 Å². The Morgan fingerprint density at radius 1 is 1.10 bits per heavy atom. The van der Waals surface area contributed by atoms with E-state index in [0.29, 0.717) is 5.95 Å². The molecule has 4 aromatic rings. The predicted octanol–water partition coefficient (Wildman–Crippen LogP) is 4.38. The van der Waals surface area contributed by atoms with Crippen LogP contribution in [0.2, 0.25) is 0 Å². The van der Waals surface area contributed by atoms with Crippen molar-refractivity contribution in [2.45, 2.75) is 19.3 Å². The summed E-state index contributed by atoms with van der Waals surface area (Å²) in [5.74, 6) is 1.24. The van der Waals surface area contributed by atoms with Gasteiger partial charge in [-0.3, -0.25) is 4.79 Å². The summed E-state index contributed by atoms with van der Waals surface area (Å²) >= 11 is 0. The number of fused-ring (bicyclic) bond motifs is 2. The van der Waals surface area contributed by atoms with Crippen LogP contribution in [0.15, 0.2) is 60.8 Å². The van der Waals surface area contributed by atoms with Crippen molar-refractivity contribution in [2.24, 2.45) is 0 Å². The van der Waals surface area contributed by atoms with Gasteiger partial charge in [0.2, 0.25) is 11.9 Å². The van der Waals surface area contributed by atoms with Gasteiger partial charge in [-0.25, -0.2) is 9.50 Å². The molecule has 1 aliphatic heterocycles. The van der Waals surface area contributed by atoms with Crippen molar-refractivity contribution in [1.82, 2.24) is 14.6 Å². The topological polar surface area (TPSA) is 80.5 Å². The third kappa shape index (κ3) is 2.78. The van der Waals surface area contributed by atoms with E-state index in [1.54, 1.807) is 13.3 Å². The lowest BCUT2D eigenvalue weighted by Gasteiger charge is -2.15. The van der Waals surface area contributed by atoms with Gasteiger partial charge in [-0.15, -0.1) is 5.10 Å². The van der Waals surface area contributed by atoms with Crippen LogP contribution in [-0.4, -0.2) is 27.6 Å². The van der Waals surface area contributed by atoms with Crippen LogP contribution in [0.3, 0.4) is 0 Å². The van der Waals surface area contributed by atoms with Gasteiger partial charge in [0, 0.05) is 16.9 Å². The average Bonchev–Trinajstić information content (AvgIpc) is 3.25. The Labute approximate surface area is 173 Å². The zero-order chi connectivity index (χ0) is 20.9. The molecular formula is C23H21N5O2. The smallest absolute Gasteiger partial charge is 0.245 e. The van der Waals surface area contributed by atoms with Crippen LogP contribution in [0.5, 0.6) is 5.75 Å². The zero-order valence-corrected chi connectivity index (χ0v) is 16.9. The number of para-hydroxylation sites is 1. The molecule has 0 bridgehead atoms. The number of nitrogens with zero attached hydrogens (tertiary/aromatic N) is 3. The SMILES string of the molecule is COc1ccccc1-c1ccc2cnc(Nc3ccc4c(c3)NC(=O)C4(C)C)nn12. The number of amides is 1. The molecule has 0 unspecified atom stereocenters. The molecular weight excluding hydrogens is 378 g/mol. The summed E-state index contributed by atoms with van der Waals surface area (Å²) < 4.78 is 7.34. The standard InChI is InChI=1S/C23H21N5O2/c1-23(2)17-10-8-14(12-18(17)26-21(23)29)25-22-24-13-15-9-11-19(28(15)27-22)16-6-4-5-7-20(16)30-3/h4-13H,1-3H3,(H,25,27)(H,26,29). The minimum atomic E-state index is -0.530. The second-order valence-corrected chi connectivity index (χ2v) is 7.80. The number of carbonyl (C=O) groups is 1. The third-order valence-electron chi connectivity index (χ3n) is 5.55. The largest absolute Gasteiger partial charge is 0.496 e. The first kappa shape index (κ1) is 18.2. The maximum absolute atomic E-state index is 12.2. The lowest BCUT2D eigenvalue weighted by molar-refractivity contribution is -0.119. The summed E-state index contributed by atoms with van der Waals surface area (Å²) in [6.07, 6.45) is 1.77. The van der Waals surface area contributed by atoms with Gasteiger partial charge in [-0.2, -0.15) is 0 Å². The fraction of sp³-hybridized carbons (Fsp3) is 0.174.